The third kappa shape index (κ3) is 3.63. The smallest absolute Gasteiger partial charge is 0.318 e. The number of benzene rings is 1. The second-order valence-corrected chi connectivity index (χ2v) is 5.70. The quantitative estimate of drug-likeness (QED) is 0.615. The van der Waals surface area contributed by atoms with E-state index in [0.29, 0.717) is 0 Å². The molecule has 8 nitrogen and oxygen atoms in total. The molecule has 0 saturated heterocycles. The van der Waals surface area contributed by atoms with Gasteiger partial charge in [-0.3, -0.25) is 14.9 Å². The maximum Gasteiger partial charge on any atom is 0.318 e. The first-order valence-electron chi connectivity index (χ1n) is 4.81. The van der Waals surface area contributed by atoms with E-state index in [4.69, 9.17) is 16.7 Å². The Hall–Kier alpha value is -1.71. The summed E-state index contributed by atoms with van der Waals surface area (Å²) >= 11 is 5.72. The molecular formula is C9H9ClN2O6S. The number of carbonyl (C=O) groups is 1. The summed E-state index contributed by atoms with van der Waals surface area (Å²) in [6, 6.07) is 1.85. The average molecular weight is 309 g/mol. The minimum atomic E-state index is -4.17. The molecule has 1 rings (SSSR count). The summed E-state index contributed by atoms with van der Waals surface area (Å²) in [5.74, 6) is -1.38. The van der Waals surface area contributed by atoms with Crippen molar-refractivity contribution in [2.45, 2.75) is 11.8 Å². The second-order valence-electron chi connectivity index (χ2n) is 3.52. The lowest BCUT2D eigenvalue weighted by molar-refractivity contribution is -0.385. The first-order valence-corrected chi connectivity index (χ1v) is 6.67. The van der Waals surface area contributed by atoms with Crippen molar-refractivity contribution in [3.63, 3.8) is 0 Å². The molecule has 1 aromatic rings. The van der Waals surface area contributed by atoms with Gasteiger partial charge in [-0.15, -0.1) is 0 Å². The van der Waals surface area contributed by atoms with Gasteiger partial charge < -0.3 is 5.11 Å². The molecule has 1 aromatic carbocycles. The number of aliphatic carboxylic acids is 1. The molecule has 19 heavy (non-hydrogen) atoms. The van der Waals surface area contributed by atoms with E-state index in [0.717, 1.165) is 12.1 Å². The third-order valence-corrected chi connectivity index (χ3v) is 3.98. The van der Waals surface area contributed by atoms with Crippen LogP contribution < -0.4 is 4.72 Å². The molecule has 10 heteroatoms. The van der Waals surface area contributed by atoms with E-state index in [1.807, 2.05) is 0 Å². The van der Waals surface area contributed by atoms with Crippen molar-refractivity contribution in [1.29, 1.82) is 0 Å². The fourth-order valence-corrected chi connectivity index (χ4v) is 2.52. The predicted octanol–water partition coefficient (Wildman–Crippen LogP) is 0.920. The van der Waals surface area contributed by atoms with Crippen molar-refractivity contribution < 1.29 is 23.2 Å². The highest BCUT2D eigenvalue weighted by Crippen LogP contribution is 2.29. The van der Waals surface area contributed by atoms with Gasteiger partial charge in [-0.05, 0) is 13.0 Å². The third-order valence-electron chi connectivity index (χ3n) is 2.21. The van der Waals surface area contributed by atoms with E-state index in [1.54, 1.807) is 4.72 Å². The van der Waals surface area contributed by atoms with Gasteiger partial charge in [0.05, 0.1) is 14.8 Å². The van der Waals surface area contributed by atoms with Crippen LogP contribution in [0.5, 0.6) is 0 Å². The van der Waals surface area contributed by atoms with E-state index in [2.05, 4.69) is 0 Å². The van der Waals surface area contributed by atoms with Crippen LogP contribution in [0.15, 0.2) is 17.0 Å². The number of nitrogens with one attached hydrogen (secondary N) is 1. The highest BCUT2D eigenvalue weighted by molar-refractivity contribution is 7.89. The monoisotopic (exact) mass is 308 g/mol. The number of rotatable bonds is 5. The van der Waals surface area contributed by atoms with Gasteiger partial charge in [0.15, 0.2) is 0 Å². The minimum Gasteiger partial charge on any atom is -0.480 e. The summed E-state index contributed by atoms with van der Waals surface area (Å²) in [6.07, 6.45) is 0. The van der Waals surface area contributed by atoms with Crippen molar-refractivity contribution in [2.24, 2.45) is 0 Å². The van der Waals surface area contributed by atoms with E-state index in [-0.39, 0.29) is 10.6 Å². The SMILES string of the molecule is Cc1c(Cl)cc(S(=O)(=O)NCC(=O)O)cc1[N+](=O)[O-]. The Balaban J connectivity index is 3.28. The summed E-state index contributed by atoms with van der Waals surface area (Å²) < 4.78 is 25.2. The van der Waals surface area contributed by atoms with Crippen LogP contribution in [0.25, 0.3) is 0 Å². The van der Waals surface area contributed by atoms with Crippen LogP contribution in [0.2, 0.25) is 5.02 Å². The summed E-state index contributed by atoms with van der Waals surface area (Å²) in [6.45, 7) is 0.545. The molecule has 0 unspecified atom stereocenters. The molecule has 0 fully saturated rings. The molecule has 2 N–H and O–H groups in total. The maximum atomic E-state index is 11.7. The van der Waals surface area contributed by atoms with Crippen molar-refractivity contribution in [2.75, 3.05) is 6.54 Å². The molecule has 0 aliphatic heterocycles. The van der Waals surface area contributed by atoms with Gasteiger partial charge in [0.2, 0.25) is 10.0 Å². The Morgan fingerprint density at radius 3 is 2.58 bits per heavy atom. The molecule has 0 aliphatic rings. The van der Waals surface area contributed by atoms with Gasteiger partial charge in [0, 0.05) is 11.6 Å². The fourth-order valence-electron chi connectivity index (χ4n) is 1.23. The van der Waals surface area contributed by atoms with Gasteiger partial charge in [0.1, 0.15) is 6.54 Å². The molecule has 0 bridgehead atoms. The summed E-state index contributed by atoms with van der Waals surface area (Å²) in [5.41, 5.74) is -0.327. The number of hydrogen-bond donors (Lipinski definition) is 2. The molecular weight excluding hydrogens is 300 g/mol. The Kier molecular flexibility index (Phi) is 4.45. The standard InChI is InChI=1S/C9H9ClN2O6S/c1-5-7(10)2-6(3-8(5)12(15)16)19(17,18)11-4-9(13)14/h2-3,11H,4H2,1H3,(H,13,14). The molecule has 0 aliphatic carbocycles. The fraction of sp³-hybridized carbons (Fsp3) is 0.222. The number of hydrogen-bond acceptors (Lipinski definition) is 5. The average Bonchev–Trinajstić information content (AvgIpc) is 2.29. The van der Waals surface area contributed by atoms with Gasteiger partial charge in [-0.25, -0.2) is 8.42 Å². The number of carboxylic acids is 1. The van der Waals surface area contributed by atoms with Crippen molar-refractivity contribution >= 4 is 33.3 Å². The predicted molar refractivity (Wildman–Crippen MR) is 65.7 cm³/mol. The lowest BCUT2D eigenvalue weighted by atomic mass is 10.2. The zero-order valence-electron chi connectivity index (χ0n) is 9.58. The normalized spacial score (nSPS) is 11.3. The molecule has 0 saturated carbocycles. The largest absolute Gasteiger partial charge is 0.480 e. The molecule has 0 atom stereocenters. The summed E-state index contributed by atoms with van der Waals surface area (Å²) in [7, 11) is -4.17. The van der Waals surface area contributed by atoms with Crippen molar-refractivity contribution in [1.82, 2.24) is 4.72 Å². The Morgan fingerprint density at radius 2 is 2.11 bits per heavy atom. The number of sulfonamides is 1. The Morgan fingerprint density at radius 1 is 1.53 bits per heavy atom. The minimum absolute atomic E-state index is 0.0927. The molecule has 0 amide bonds. The van der Waals surface area contributed by atoms with Gasteiger partial charge in [-0.1, -0.05) is 11.6 Å². The number of nitro groups is 1. The molecule has 104 valence electrons. The van der Waals surface area contributed by atoms with E-state index in [1.165, 1.54) is 6.92 Å². The van der Waals surface area contributed by atoms with E-state index < -0.39 is 38.0 Å². The van der Waals surface area contributed by atoms with E-state index in [9.17, 15) is 23.3 Å². The number of halogens is 1. The van der Waals surface area contributed by atoms with Gasteiger partial charge in [-0.2, -0.15) is 4.72 Å². The molecule has 0 radical (unpaired) electrons. The van der Waals surface area contributed by atoms with Crippen LogP contribution in [0, 0.1) is 17.0 Å². The van der Waals surface area contributed by atoms with Crippen LogP contribution in [0.1, 0.15) is 5.56 Å². The van der Waals surface area contributed by atoms with Crippen LogP contribution in [0.4, 0.5) is 5.69 Å². The van der Waals surface area contributed by atoms with Crippen LogP contribution >= 0.6 is 11.6 Å². The van der Waals surface area contributed by atoms with E-state index >= 15 is 0 Å². The molecule has 0 spiro atoms. The second kappa shape index (κ2) is 5.51. The first kappa shape index (κ1) is 15.3. The van der Waals surface area contributed by atoms with Crippen LogP contribution in [-0.2, 0) is 14.8 Å². The lowest BCUT2D eigenvalue weighted by Gasteiger charge is -2.07. The Labute approximate surface area is 113 Å². The van der Waals surface area contributed by atoms with Gasteiger partial charge >= 0.3 is 5.97 Å². The van der Waals surface area contributed by atoms with Crippen molar-refractivity contribution in [3.8, 4) is 0 Å². The molecule has 0 aromatic heterocycles. The number of carboxylic acid groups (broad SMARTS) is 1. The maximum absolute atomic E-state index is 11.7. The van der Waals surface area contributed by atoms with Crippen LogP contribution in [0.3, 0.4) is 0 Å². The van der Waals surface area contributed by atoms with Crippen LogP contribution in [-0.4, -0.2) is 31.0 Å². The summed E-state index contributed by atoms with van der Waals surface area (Å²) in [4.78, 5) is 19.8. The summed E-state index contributed by atoms with van der Waals surface area (Å²) in [5, 5.41) is 19.1. The zero-order valence-corrected chi connectivity index (χ0v) is 11.2. The molecule has 0 heterocycles. The first-order chi connectivity index (χ1) is 8.65. The zero-order chi connectivity index (χ0) is 14.8. The number of nitrogens with zero attached hydrogens (tertiary/aromatic N) is 1. The topological polar surface area (TPSA) is 127 Å². The number of nitro benzene ring substituents is 1. The Bertz CT molecular complexity index is 642. The van der Waals surface area contributed by atoms with Gasteiger partial charge in [0.25, 0.3) is 5.69 Å². The highest BCUT2D eigenvalue weighted by atomic mass is 35.5. The van der Waals surface area contributed by atoms with Crippen molar-refractivity contribution in [3.05, 3.63) is 32.8 Å². The lowest BCUT2D eigenvalue weighted by Crippen LogP contribution is -2.29. The highest BCUT2D eigenvalue weighted by Gasteiger charge is 2.22.